The molecule has 17 heteroatoms. The number of nitrogens with one attached hydrogen (secondary N) is 2. The molecule has 1 saturated heterocycles. The normalized spacial score (nSPS) is 12.4. The van der Waals surface area contributed by atoms with E-state index in [1.165, 1.54) is 36.9 Å². The van der Waals surface area contributed by atoms with Crippen molar-refractivity contribution in [2.24, 2.45) is 0 Å². The molecule has 4 aromatic carbocycles. The van der Waals surface area contributed by atoms with E-state index in [1.54, 1.807) is 48.8 Å². The second-order valence-electron chi connectivity index (χ2n) is 15.3. The minimum atomic E-state index is -0.484. The molecule has 2 N–H and O–H groups in total. The van der Waals surface area contributed by atoms with Gasteiger partial charge in [0.15, 0.2) is 29.3 Å². The maximum absolute atomic E-state index is 13.1. The highest BCUT2D eigenvalue weighted by Gasteiger charge is 2.23. The van der Waals surface area contributed by atoms with Gasteiger partial charge in [0.1, 0.15) is 72.0 Å². The SMILES string of the molecule is Fc1ccc(COc2ccc(Nc3ncnc4cnc(-c5ccc(C6OCCO6)o5)cc34)cc2)cc1.O=Cc1ccc(-c2cc3c(Nc4ccc(OCc5ccc(F)cc5)cc4)ncnc3cn2)o1. The largest absolute Gasteiger partial charge is 0.489 e. The van der Waals surface area contributed by atoms with E-state index >= 15 is 0 Å². The Morgan fingerprint density at radius 3 is 1.51 bits per heavy atom. The topological polar surface area (TPSA) is 182 Å². The maximum Gasteiger partial charge on any atom is 0.217 e. The van der Waals surface area contributed by atoms with Crippen LogP contribution in [0.25, 0.3) is 44.7 Å². The Labute approximate surface area is 391 Å². The number of benzene rings is 4. The molecule has 0 aliphatic carbocycles. The molecule has 1 fully saturated rings. The third-order valence-corrected chi connectivity index (χ3v) is 10.6. The predicted molar refractivity (Wildman–Crippen MR) is 251 cm³/mol. The van der Waals surface area contributed by atoms with Crippen molar-refractivity contribution in [1.82, 2.24) is 29.9 Å². The number of rotatable bonds is 14. The number of aromatic nitrogens is 6. The Hall–Kier alpha value is -8.93. The van der Waals surface area contributed by atoms with Crippen LogP contribution in [0, 0.1) is 11.6 Å². The number of furan rings is 2. The number of carbonyl (C=O) groups excluding carboxylic acids is 1. The van der Waals surface area contributed by atoms with E-state index in [0.29, 0.717) is 95.6 Å². The number of aldehydes is 1. The summed E-state index contributed by atoms with van der Waals surface area (Å²) < 4.78 is 60.1. The highest BCUT2D eigenvalue weighted by Crippen LogP contribution is 2.33. The van der Waals surface area contributed by atoms with Gasteiger partial charge in [-0.15, -0.1) is 0 Å². The molecule has 69 heavy (non-hydrogen) atoms. The lowest BCUT2D eigenvalue weighted by molar-refractivity contribution is -0.0585. The smallest absolute Gasteiger partial charge is 0.217 e. The lowest BCUT2D eigenvalue weighted by Gasteiger charge is -2.11. The van der Waals surface area contributed by atoms with Crippen molar-refractivity contribution in [3.63, 3.8) is 0 Å². The molecule has 1 aliphatic rings. The van der Waals surface area contributed by atoms with E-state index < -0.39 is 6.29 Å². The summed E-state index contributed by atoms with van der Waals surface area (Å²) in [4.78, 5) is 37.2. The zero-order valence-electron chi connectivity index (χ0n) is 36.3. The van der Waals surface area contributed by atoms with E-state index in [0.717, 1.165) is 33.3 Å². The zero-order chi connectivity index (χ0) is 46.9. The number of pyridine rings is 2. The van der Waals surface area contributed by atoms with Crippen LogP contribution < -0.4 is 20.1 Å². The fourth-order valence-corrected chi connectivity index (χ4v) is 7.12. The van der Waals surface area contributed by atoms with Crippen molar-refractivity contribution in [3.05, 3.63) is 193 Å². The Balaban J connectivity index is 0.000000161. The molecule has 0 unspecified atom stereocenters. The Morgan fingerprint density at radius 2 is 1.03 bits per heavy atom. The van der Waals surface area contributed by atoms with Crippen LogP contribution in [-0.2, 0) is 22.7 Å². The van der Waals surface area contributed by atoms with Gasteiger partial charge in [-0.2, -0.15) is 0 Å². The average molecular weight is 925 g/mol. The van der Waals surface area contributed by atoms with Crippen LogP contribution in [0.2, 0.25) is 0 Å². The van der Waals surface area contributed by atoms with Crippen LogP contribution in [0.4, 0.5) is 31.8 Å². The van der Waals surface area contributed by atoms with Gasteiger partial charge in [0.2, 0.25) is 6.29 Å². The number of halogens is 2. The van der Waals surface area contributed by atoms with Crippen LogP contribution >= 0.6 is 0 Å². The van der Waals surface area contributed by atoms with Crippen molar-refractivity contribution in [2.75, 3.05) is 23.8 Å². The summed E-state index contributed by atoms with van der Waals surface area (Å²) in [7, 11) is 0. The van der Waals surface area contributed by atoms with Gasteiger partial charge in [0.05, 0.1) is 36.6 Å². The van der Waals surface area contributed by atoms with Gasteiger partial charge in [-0.1, -0.05) is 24.3 Å². The van der Waals surface area contributed by atoms with Gasteiger partial charge < -0.3 is 38.4 Å². The summed E-state index contributed by atoms with van der Waals surface area (Å²) in [5.41, 5.74) is 5.99. The summed E-state index contributed by atoms with van der Waals surface area (Å²) in [6, 6.07) is 38.0. The van der Waals surface area contributed by atoms with E-state index in [4.69, 9.17) is 27.8 Å². The van der Waals surface area contributed by atoms with Gasteiger partial charge in [0, 0.05) is 22.1 Å². The minimum Gasteiger partial charge on any atom is -0.489 e. The number of hydrogen-bond donors (Lipinski definition) is 2. The fourth-order valence-electron chi connectivity index (χ4n) is 7.12. The van der Waals surface area contributed by atoms with Gasteiger partial charge in [-0.05, 0) is 120 Å². The molecule has 0 atom stereocenters. The van der Waals surface area contributed by atoms with Crippen molar-refractivity contribution < 1.29 is 41.4 Å². The third kappa shape index (κ3) is 10.7. The molecule has 7 heterocycles. The number of nitrogens with zero attached hydrogens (tertiary/aromatic N) is 6. The highest BCUT2D eigenvalue weighted by molar-refractivity contribution is 5.93. The molecule has 6 aromatic heterocycles. The average Bonchev–Trinajstić information content (AvgIpc) is 4.21. The van der Waals surface area contributed by atoms with Crippen LogP contribution in [0.3, 0.4) is 0 Å². The molecular formula is C52H38F2N8O7. The number of fused-ring (bicyclic) bond motifs is 2. The maximum atomic E-state index is 13.1. The molecule has 342 valence electrons. The first kappa shape index (κ1) is 43.9. The van der Waals surface area contributed by atoms with Crippen molar-refractivity contribution in [3.8, 4) is 34.4 Å². The number of ether oxygens (including phenoxy) is 4. The Kier molecular flexibility index (Phi) is 12.9. The predicted octanol–water partition coefficient (Wildman–Crippen LogP) is 11.4. The summed E-state index contributed by atoms with van der Waals surface area (Å²) >= 11 is 0. The van der Waals surface area contributed by atoms with E-state index in [1.807, 2.05) is 72.8 Å². The van der Waals surface area contributed by atoms with Gasteiger partial charge in [-0.3, -0.25) is 14.8 Å². The molecule has 10 aromatic rings. The molecule has 15 nitrogen and oxygen atoms in total. The lowest BCUT2D eigenvalue weighted by atomic mass is 10.2. The minimum absolute atomic E-state index is 0.233. The molecule has 0 spiro atoms. The van der Waals surface area contributed by atoms with Crippen LogP contribution in [0.15, 0.2) is 167 Å². The standard InChI is InChI=1S/C27H21FN4O4.C25H17FN4O3/c28-18-3-1-17(2-4-18)15-35-20-7-5-19(6-8-20)32-26-21-13-22(29-14-23(21)30-16-31-26)24-9-10-25(36-24)27-33-11-12-34-27;26-17-3-1-16(2-4-17)14-32-19-7-5-18(6-8-19)30-25-21-11-22(24-10-9-20(13-31)33-24)27-12-23(21)28-15-29-25/h1-10,13-14,16,27H,11-12,15H2,(H,30,31,32);1-13,15H,14H2,(H,28,29,30). The first-order valence-corrected chi connectivity index (χ1v) is 21.5. The number of anilines is 4. The van der Waals surface area contributed by atoms with Gasteiger partial charge in [0.25, 0.3) is 0 Å². The van der Waals surface area contributed by atoms with Gasteiger partial charge >= 0.3 is 0 Å². The summed E-state index contributed by atoms with van der Waals surface area (Å²) in [6.45, 7) is 1.79. The summed E-state index contributed by atoms with van der Waals surface area (Å²) in [6.07, 6.45) is 6.44. The molecule has 11 rings (SSSR count). The first-order chi connectivity index (χ1) is 33.9. The molecule has 0 radical (unpaired) electrons. The lowest BCUT2D eigenvalue weighted by Crippen LogP contribution is -1.98. The van der Waals surface area contributed by atoms with Gasteiger partial charge in [-0.25, -0.2) is 28.7 Å². The summed E-state index contributed by atoms with van der Waals surface area (Å²) in [5.74, 6) is 4.01. The Bertz CT molecular complexity index is 3350. The highest BCUT2D eigenvalue weighted by atomic mass is 19.1. The number of hydrogen-bond acceptors (Lipinski definition) is 15. The van der Waals surface area contributed by atoms with Crippen molar-refractivity contribution in [1.29, 1.82) is 0 Å². The molecule has 1 aliphatic heterocycles. The molecule has 0 saturated carbocycles. The first-order valence-electron chi connectivity index (χ1n) is 21.5. The fraction of sp³-hybridized carbons (Fsp3) is 0.0962. The van der Waals surface area contributed by atoms with E-state index in [2.05, 4.69) is 40.5 Å². The van der Waals surface area contributed by atoms with Crippen molar-refractivity contribution in [2.45, 2.75) is 19.5 Å². The second kappa shape index (κ2) is 20.3. The van der Waals surface area contributed by atoms with Crippen molar-refractivity contribution >= 4 is 51.1 Å². The molecule has 0 bridgehead atoms. The Morgan fingerprint density at radius 1 is 0.551 bits per heavy atom. The number of carbonyl (C=O) groups is 1. The van der Waals surface area contributed by atoms with Crippen LogP contribution in [0.5, 0.6) is 11.5 Å². The van der Waals surface area contributed by atoms with E-state index in [9.17, 15) is 13.6 Å². The van der Waals surface area contributed by atoms with E-state index in [-0.39, 0.29) is 17.4 Å². The second-order valence-corrected chi connectivity index (χ2v) is 15.3. The van der Waals surface area contributed by atoms with Crippen LogP contribution in [0.1, 0.15) is 33.7 Å². The molecule has 0 amide bonds. The third-order valence-electron chi connectivity index (χ3n) is 10.6. The van der Waals surface area contributed by atoms with Crippen LogP contribution in [-0.4, -0.2) is 49.4 Å². The quantitative estimate of drug-likeness (QED) is 0.0982. The monoisotopic (exact) mass is 924 g/mol. The zero-order valence-corrected chi connectivity index (χ0v) is 36.3. The summed E-state index contributed by atoms with van der Waals surface area (Å²) in [5, 5.41) is 8.17. The molecular weight excluding hydrogens is 887 g/mol.